The molecule has 1 aromatic rings. The fourth-order valence-electron chi connectivity index (χ4n) is 2.73. The van der Waals surface area contributed by atoms with E-state index in [-0.39, 0.29) is 11.7 Å². The molecule has 1 heterocycles. The van der Waals surface area contributed by atoms with Gasteiger partial charge in [-0.15, -0.1) is 0 Å². The van der Waals surface area contributed by atoms with E-state index in [9.17, 15) is 4.79 Å². The second-order valence-electron chi connectivity index (χ2n) is 5.30. The molecule has 0 saturated heterocycles. The van der Waals surface area contributed by atoms with E-state index in [2.05, 4.69) is 10.5 Å². The average molecular weight is 279 g/mol. The van der Waals surface area contributed by atoms with Gasteiger partial charge in [0.15, 0.2) is 5.84 Å². The minimum absolute atomic E-state index is 0.0799. The predicted molar refractivity (Wildman–Crippen MR) is 74.6 cm³/mol. The van der Waals surface area contributed by atoms with Crippen molar-refractivity contribution >= 4 is 11.7 Å². The lowest BCUT2D eigenvalue weighted by atomic mass is 9.82. The van der Waals surface area contributed by atoms with Gasteiger partial charge >= 0.3 is 0 Å². The summed E-state index contributed by atoms with van der Waals surface area (Å²) in [4.78, 5) is 12.2. The zero-order valence-electron chi connectivity index (χ0n) is 11.5. The highest BCUT2D eigenvalue weighted by Gasteiger charge is 2.37. The standard InChI is InChI=1S/C14H21N3O3/c15-13(17-19)14(7-4-2-1-3-5-8-14)16-12(18)11-6-9-20-10-11/h6,9-10,19H,1-5,7-8H2,(H2,15,17)(H,16,18). The van der Waals surface area contributed by atoms with E-state index in [1.165, 1.54) is 18.9 Å². The predicted octanol–water partition coefficient (Wildman–Crippen LogP) is 2.24. The second kappa shape index (κ2) is 6.45. The van der Waals surface area contributed by atoms with Crippen LogP contribution in [0, 0.1) is 0 Å². The molecule has 1 aliphatic rings. The Morgan fingerprint density at radius 1 is 1.30 bits per heavy atom. The Balaban J connectivity index is 2.19. The molecule has 0 aliphatic heterocycles. The summed E-state index contributed by atoms with van der Waals surface area (Å²) < 4.78 is 4.92. The average Bonchev–Trinajstić information content (AvgIpc) is 2.95. The van der Waals surface area contributed by atoms with E-state index in [1.807, 2.05) is 0 Å². The quantitative estimate of drug-likeness (QED) is 0.342. The van der Waals surface area contributed by atoms with Gasteiger partial charge in [0.2, 0.25) is 0 Å². The van der Waals surface area contributed by atoms with Crippen LogP contribution in [0.4, 0.5) is 0 Å². The lowest BCUT2D eigenvalue weighted by Crippen LogP contribution is -2.57. The molecule has 0 bridgehead atoms. The van der Waals surface area contributed by atoms with Crippen LogP contribution in [0.15, 0.2) is 28.2 Å². The highest BCUT2D eigenvalue weighted by Crippen LogP contribution is 2.27. The van der Waals surface area contributed by atoms with Crippen molar-refractivity contribution in [1.29, 1.82) is 0 Å². The number of carbonyl (C=O) groups excluding carboxylic acids is 1. The minimum Gasteiger partial charge on any atom is -0.472 e. The smallest absolute Gasteiger partial charge is 0.255 e. The number of carbonyl (C=O) groups is 1. The van der Waals surface area contributed by atoms with Crippen LogP contribution in [0.3, 0.4) is 0 Å². The fraction of sp³-hybridized carbons (Fsp3) is 0.571. The highest BCUT2D eigenvalue weighted by atomic mass is 16.4. The van der Waals surface area contributed by atoms with Gasteiger partial charge in [0.25, 0.3) is 5.91 Å². The molecular weight excluding hydrogens is 258 g/mol. The van der Waals surface area contributed by atoms with Crippen LogP contribution in [0.25, 0.3) is 0 Å². The number of nitrogens with zero attached hydrogens (tertiary/aromatic N) is 1. The number of nitrogens with two attached hydrogens (primary N) is 1. The van der Waals surface area contributed by atoms with Crippen molar-refractivity contribution in [2.75, 3.05) is 0 Å². The van der Waals surface area contributed by atoms with Crippen LogP contribution >= 0.6 is 0 Å². The molecule has 0 radical (unpaired) electrons. The van der Waals surface area contributed by atoms with Crippen LogP contribution in [0.2, 0.25) is 0 Å². The zero-order valence-corrected chi connectivity index (χ0v) is 11.5. The Bertz CT molecular complexity index is 460. The summed E-state index contributed by atoms with van der Waals surface area (Å²) in [6.45, 7) is 0. The molecule has 110 valence electrons. The van der Waals surface area contributed by atoms with Gasteiger partial charge in [-0.05, 0) is 18.9 Å². The Morgan fingerprint density at radius 3 is 2.50 bits per heavy atom. The summed E-state index contributed by atoms with van der Waals surface area (Å²) in [5.41, 5.74) is 5.55. The van der Waals surface area contributed by atoms with E-state index in [1.54, 1.807) is 6.07 Å². The highest BCUT2D eigenvalue weighted by molar-refractivity contribution is 6.00. The van der Waals surface area contributed by atoms with Crippen molar-refractivity contribution in [1.82, 2.24) is 5.32 Å². The normalized spacial score (nSPS) is 19.9. The third-order valence-corrected chi connectivity index (χ3v) is 3.94. The monoisotopic (exact) mass is 279 g/mol. The number of amidine groups is 1. The van der Waals surface area contributed by atoms with Gasteiger partial charge in [0.1, 0.15) is 11.8 Å². The lowest BCUT2D eigenvalue weighted by molar-refractivity contribution is 0.0910. The van der Waals surface area contributed by atoms with Crippen molar-refractivity contribution < 1.29 is 14.4 Å². The molecule has 0 atom stereocenters. The van der Waals surface area contributed by atoms with Crippen LogP contribution in [0.1, 0.15) is 55.3 Å². The lowest BCUT2D eigenvalue weighted by Gasteiger charge is -2.35. The maximum Gasteiger partial charge on any atom is 0.255 e. The molecule has 6 heteroatoms. The molecule has 6 nitrogen and oxygen atoms in total. The SMILES string of the molecule is N/C(=N/O)C1(NC(=O)c2ccoc2)CCCCCCC1. The molecule has 0 aromatic carbocycles. The van der Waals surface area contributed by atoms with Gasteiger partial charge in [0.05, 0.1) is 11.8 Å². The summed E-state index contributed by atoms with van der Waals surface area (Å²) >= 11 is 0. The number of amides is 1. The minimum atomic E-state index is -0.760. The van der Waals surface area contributed by atoms with Gasteiger partial charge in [-0.3, -0.25) is 4.79 Å². The van der Waals surface area contributed by atoms with Crippen LogP contribution in [0.5, 0.6) is 0 Å². The van der Waals surface area contributed by atoms with Crippen molar-refractivity contribution in [2.24, 2.45) is 10.9 Å². The Hall–Kier alpha value is -1.98. The molecule has 1 aliphatic carbocycles. The van der Waals surface area contributed by atoms with E-state index in [0.717, 1.165) is 25.7 Å². The first-order valence-corrected chi connectivity index (χ1v) is 7.01. The zero-order chi connectivity index (χ0) is 14.4. The van der Waals surface area contributed by atoms with Gasteiger partial charge in [-0.1, -0.05) is 37.3 Å². The topological polar surface area (TPSA) is 101 Å². The largest absolute Gasteiger partial charge is 0.472 e. The molecule has 0 unspecified atom stereocenters. The van der Waals surface area contributed by atoms with Gasteiger partial charge in [-0.2, -0.15) is 0 Å². The van der Waals surface area contributed by atoms with Gasteiger partial charge in [0, 0.05) is 0 Å². The van der Waals surface area contributed by atoms with Crippen molar-refractivity contribution in [3.05, 3.63) is 24.2 Å². The number of oxime groups is 1. The van der Waals surface area contributed by atoms with Gasteiger partial charge in [-0.25, -0.2) is 0 Å². The number of hydrogen-bond donors (Lipinski definition) is 3. The summed E-state index contributed by atoms with van der Waals surface area (Å²) in [5, 5.41) is 15.1. The molecule has 1 amide bonds. The number of furan rings is 1. The maximum atomic E-state index is 12.2. The van der Waals surface area contributed by atoms with Crippen LogP contribution in [-0.2, 0) is 0 Å². The van der Waals surface area contributed by atoms with Crippen molar-refractivity contribution in [3.8, 4) is 0 Å². The summed E-state index contributed by atoms with van der Waals surface area (Å²) in [5.74, 6) is -0.179. The first-order chi connectivity index (χ1) is 9.68. The summed E-state index contributed by atoms with van der Waals surface area (Å²) in [7, 11) is 0. The van der Waals surface area contributed by atoms with Crippen molar-refractivity contribution in [3.63, 3.8) is 0 Å². The third-order valence-electron chi connectivity index (χ3n) is 3.94. The molecule has 4 N–H and O–H groups in total. The summed E-state index contributed by atoms with van der Waals surface area (Å²) in [6.07, 6.45) is 9.50. The molecule has 1 aromatic heterocycles. The Morgan fingerprint density at radius 2 is 1.95 bits per heavy atom. The number of nitrogens with one attached hydrogen (secondary N) is 1. The van der Waals surface area contributed by atoms with E-state index >= 15 is 0 Å². The molecule has 20 heavy (non-hydrogen) atoms. The maximum absolute atomic E-state index is 12.2. The fourth-order valence-corrected chi connectivity index (χ4v) is 2.73. The molecule has 2 rings (SSSR count). The molecule has 1 saturated carbocycles. The first-order valence-electron chi connectivity index (χ1n) is 7.01. The molecule has 1 fully saturated rings. The number of rotatable bonds is 3. The summed E-state index contributed by atoms with van der Waals surface area (Å²) in [6, 6.07) is 1.60. The van der Waals surface area contributed by atoms with Crippen LogP contribution < -0.4 is 11.1 Å². The van der Waals surface area contributed by atoms with E-state index in [0.29, 0.717) is 18.4 Å². The second-order valence-corrected chi connectivity index (χ2v) is 5.30. The van der Waals surface area contributed by atoms with E-state index < -0.39 is 5.54 Å². The van der Waals surface area contributed by atoms with Crippen LogP contribution in [-0.4, -0.2) is 22.5 Å². The molecular formula is C14H21N3O3. The number of hydrogen-bond acceptors (Lipinski definition) is 4. The van der Waals surface area contributed by atoms with Gasteiger partial charge < -0.3 is 20.7 Å². The van der Waals surface area contributed by atoms with Crippen molar-refractivity contribution in [2.45, 2.75) is 50.5 Å². The van der Waals surface area contributed by atoms with E-state index in [4.69, 9.17) is 15.4 Å². The molecule has 0 spiro atoms. The third kappa shape index (κ3) is 3.12. The Labute approximate surface area is 118 Å². The Kier molecular flexibility index (Phi) is 4.65. The first kappa shape index (κ1) is 14.4.